The molecular weight excluding hydrogens is 400 g/mol. The van der Waals surface area contributed by atoms with Crippen molar-refractivity contribution < 1.29 is 16.0 Å². The maximum absolute atomic E-state index is 8.80. The molecule has 0 amide bonds. The third-order valence-electron chi connectivity index (χ3n) is 4.52. The molecule has 1 aliphatic heterocycles. The fourth-order valence-corrected chi connectivity index (χ4v) is 5.63. The predicted molar refractivity (Wildman–Crippen MR) is 126 cm³/mol. The Morgan fingerprint density at radius 2 is 1.57 bits per heavy atom. The Bertz CT molecular complexity index is 530. The number of hydrogen-bond acceptors (Lipinski definition) is 9. The maximum Gasteiger partial charge on any atom is 0.500 e. The molecule has 0 bridgehead atoms. The van der Waals surface area contributed by atoms with Gasteiger partial charge in [0.1, 0.15) is 0 Å². The minimum Gasteiger partial charge on any atom is -0.374 e. The highest BCUT2D eigenvalue weighted by atomic mass is 28.4. The lowest BCUT2D eigenvalue weighted by molar-refractivity contribution is 0.0708. The van der Waals surface area contributed by atoms with Gasteiger partial charge in [-0.25, -0.2) is 4.99 Å². The fourth-order valence-electron chi connectivity index (χ4n) is 3.02. The minimum atomic E-state index is -2.68. The summed E-state index contributed by atoms with van der Waals surface area (Å²) in [5, 5.41) is 3.38. The molecule has 0 spiro atoms. The average molecular weight is 449 g/mol. The topological polar surface area (TPSA) is 65.0 Å². The summed E-state index contributed by atoms with van der Waals surface area (Å²) in [6.07, 6.45) is 0.794. The molecular formula is C20H46N6O3Si. The molecule has 0 fully saturated rings. The van der Waals surface area contributed by atoms with E-state index in [0.29, 0.717) is 51.5 Å². The zero-order valence-corrected chi connectivity index (χ0v) is 21.2. The molecule has 0 aromatic heterocycles. The molecule has 1 heterocycles. The van der Waals surface area contributed by atoms with E-state index in [2.05, 4.69) is 20.1 Å². The van der Waals surface area contributed by atoms with E-state index < -0.39 is 22.1 Å². The van der Waals surface area contributed by atoms with E-state index in [1.54, 1.807) is 4.90 Å². The van der Waals surface area contributed by atoms with Gasteiger partial charge in [-0.15, -0.1) is 0 Å². The van der Waals surface area contributed by atoms with Gasteiger partial charge in [-0.3, -0.25) is 4.90 Å². The molecule has 1 N–H and O–H groups in total. The number of likely N-dealkylation sites (N-methyl/N-ethyl adjacent to an activating group) is 2. The monoisotopic (exact) mass is 448 g/mol. The van der Waals surface area contributed by atoms with Crippen molar-refractivity contribution in [3.8, 4) is 0 Å². The minimum absolute atomic E-state index is 0.564. The molecule has 0 aromatic carbocycles. The van der Waals surface area contributed by atoms with Crippen LogP contribution < -0.4 is 5.32 Å². The van der Waals surface area contributed by atoms with Gasteiger partial charge in [0.05, 0.1) is 16.0 Å². The fraction of sp³-hybridized carbons (Fsp3) is 0.950. The van der Waals surface area contributed by atoms with Gasteiger partial charge in [-0.2, -0.15) is 0 Å². The summed E-state index contributed by atoms with van der Waals surface area (Å²) in [6, 6.07) is 0.712. The molecule has 10 heteroatoms. The van der Waals surface area contributed by atoms with Crippen LogP contribution in [0.1, 0.15) is 29.9 Å². The third-order valence-corrected chi connectivity index (χ3v) is 7.67. The number of aliphatic imine (C=N–C) groups is 1. The Morgan fingerprint density at radius 3 is 2.10 bits per heavy atom. The quantitative estimate of drug-likeness (QED) is 0.277. The van der Waals surface area contributed by atoms with Crippen molar-refractivity contribution in [2.24, 2.45) is 4.99 Å². The van der Waals surface area contributed by atoms with Gasteiger partial charge in [-0.05, 0) is 55.4 Å². The van der Waals surface area contributed by atoms with E-state index in [1.165, 1.54) is 0 Å². The van der Waals surface area contributed by atoms with Crippen molar-refractivity contribution in [2.75, 3.05) is 94.0 Å². The van der Waals surface area contributed by atoms with Crippen molar-refractivity contribution in [3.05, 3.63) is 0 Å². The van der Waals surface area contributed by atoms with Crippen molar-refractivity contribution in [1.29, 1.82) is 0 Å². The first-order valence-electron chi connectivity index (χ1n) is 12.2. The van der Waals surface area contributed by atoms with E-state index in [0.717, 1.165) is 19.5 Å². The molecule has 0 radical (unpaired) electrons. The van der Waals surface area contributed by atoms with Gasteiger partial charge >= 0.3 is 8.80 Å². The molecule has 0 aliphatic carbocycles. The summed E-state index contributed by atoms with van der Waals surface area (Å²) >= 11 is 0. The second kappa shape index (κ2) is 15.1. The summed E-state index contributed by atoms with van der Waals surface area (Å²) in [6.45, 7) is 9.64. The number of hydrogen-bond donors (Lipinski definition) is 1. The van der Waals surface area contributed by atoms with Gasteiger partial charge in [0, 0.05) is 58.6 Å². The van der Waals surface area contributed by atoms with Crippen LogP contribution >= 0.6 is 0 Å². The zero-order chi connectivity index (χ0) is 24.1. The summed E-state index contributed by atoms with van der Waals surface area (Å²) in [4.78, 5) is 12.5. The molecule has 9 nitrogen and oxygen atoms in total. The van der Waals surface area contributed by atoms with Gasteiger partial charge in [-0.1, -0.05) is 0 Å². The summed E-state index contributed by atoms with van der Waals surface area (Å²) in [7, 11) is 5.36. The van der Waals surface area contributed by atoms with Crippen LogP contribution in [-0.4, -0.2) is 128 Å². The first-order chi connectivity index (χ1) is 15.2. The third kappa shape index (κ3) is 10.5. The Hall–Kier alpha value is -0.753. The first kappa shape index (κ1) is 23.9. The van der Waals surface area contributed by atoms with Gasteiger partial charge < -0.3 is 33.3 Å². The second-order valence-corrected chi connectivity index (χ2v) is 10.5. The molecule has 1 rings (SSSR count). The lowest BCUT2D eigenvalue weighted by atomic mass is 10.4. The van der Waals surface area contributed by atoms with E-state index in [4.69, 9.17) is 16.0 Å². The van der Waals surface area contributed by atoms with Gasteiger partial charge in [0.25, 0.3) is 0 Å². The largest absolute Gasteiger partial charge is 0.500 e. The van der Waals surface area contributed by atoms with Crippen LogP contribution in [-0.2, 0) is 13.3 Å². The summed E-state index contributed by atoms with van der Waals surface area (Å²) in [5.41, 5.74) is 0. The van der Waals surface area contributed by atoms with Gasteiger partial charge in [0.15, 0.2) is 5.96 Å². The normalized spacial score (nSPS) is 21.8. The molecule has 30 heavy (non-hydrogen) atoms. The van der Waals surface area contributed by atoms with Crippen molar-refractivity contribution in [1.82, 2.24) is 24.9 Å². The number of nitrogens with zero attached hydrogens (tertiary/aromatic N) is 5. The van der Waals surface area contributed by atoms with Crippen LogP contribution in [0.3, 0.4) is 0 Å². The van der Waals surface area contributed by atoms with Crippen LogP contribution in [0, 0.1) is 0 Å². The summed E-state index contributed by atoms with van der Waals surface area (Å²) < 4.78 is 35.1. The lowest BCUT2D eigenvalue weighted by Crippen LogP contribution is -2.54. The highest BCUT2D eigenvalue weighted by molar-refractivity contribution is 6.60. The van der Waals surface area contributed by atoms with Crippen LogP contribution in [0.25, 0.3) is 0 Å². The van der Waals surface area contributed by atoms with E-state index in [1.807, 2.05) is 53.9 Å². The predicted octanol–water partition coefficient (Wildman–Crippen LogP) is 1.03. The van der Waals surface area contributed by atoms with Crippen LogP contribution in [0.4, 0.5) is 0 Å². The van der Waals surface area contributed by atoms with Crippen LogP contribution in [0.5, 0.6) is 0 Å². The standard InChI is InChI=1S/C20H46N6O3Si/c1-8-27-30(28-9-2,29-10-3)17-11-12-21-20-22-18-25(15-13-23(4)5)19-26(20)16-14-24(6)7/h8-19H2,1-7H3,(H,21,22)/i18D,19D. The van der Waals surface area contributed by atoms with E-state index in [-0.39, 0.29) is 0 Å². The molecule has 0 saturated heterocycles. The highest BCUT2D eigenvalue weighted by Crippen LogP contribution is 2.18. The van der Waals surface area contributed by atoms with Crippen LogP contribution in [0.2, 0.25) is 6.04 Å². The number of rotatable bonds is 16. The van der Waals surface area contributed by atoms with Crippen molar-refractivity contribution in [3.63, 3.8) is 0 Å². The lowest BCUT2D eigenvalue weighted by Gasteiger charge is -2.37. The first-order valence-corrected chi connectivity index (χ1v) is 13.0. The number of guanidine groups is 1. The van der Waals surface area contributed by atoms with Crippen molar-refractivity contribution >= 4 is 14.8 Å². The Labute approximate surface area is 188 Å². The Balaban J connectivity index is 2.81. The Kier molecular flexibility index (Phi) is 12.0. The number of nitrogens with one attached hydrogen (secondary N) is 1. The SMILES string of the molecule is [2H]C1N=C(NCCC[Si](OCC)(OCC)OCC)N(CCN(C)C)C([2H])N1CCN(C)C. The zero-order valence-electron chi connectivity index (χ0n) is 22.2. The maximum atomic E-state index is 8.80. The highest BCUT2D eigenvalue weighted by Gasteiger charge is 2.39. The second-order valence-electron chi connectivity index (χ2n) is 7.73. The molecule has 178 valence electrons. The average Bonchev–Trinajstić information content (AvgIpc) is 2.70. The van der Waals surface area contributed by atoms with Gasteiger partial charge in [0.2, 0.25) is 0 Å². The molecule has 0 aromatic rings. The van der Waals surface area contributed by atoms with E-state index in [9.17, 15) is 0 Å². The smallest absolute Gasteiger partial charge is 0.374 e. The molecule has 2 unspecified atom stereocenters. The summed E-state index contributed by atoms with van der Waals surface area (Å²) in [5.74, 6) is 0.615. The van der Waals surface area contributed by atoms with Crippen molar-refractivity contribution in [2.45, 2.75) is 33.2 Å². The molecule has 0 saturated carbocycles. The van der Waals surface area contributed by atoms with Crippen LogP contribution in [0.15, 0.2) is 4.99 Å². The Morgan fingerprint density at radius 1 is 1.00 bits per heavy atom. The molecule has 2 atom stereocenters. The van der Waals surface area contributed by atoms with E-state index >= 15 is 0 Å². The molecule has 1 aliphatic rings.